The number of aromatic nitrogens is 1. The van der Waals surface area contributed by atoms with E-state index in [4.69, 9.17) is 4.74 Å². The van der Waals surface area contributed by atoms with Crippen molar-refractivity contribution < 1.29 is 35.5 Å². The standard InChI is InChI=1S/C17H15F4N3O4S/c1-3-9-8-28-15-13(29(26,27)23-9)7-24(2)14(15)16(25)22-10-4-5-12(18)11(6-10)17(19,20)21/h3-7,9,23H,1,8H2,2H3,(H,22,25)/t9-/m1/s1. The van der Waals surface area contributed by atoms with Gasteiger partial charge in [0.15, 0.2) is 11.4 Å². The lowest BCUT2D eigenvalue weighted by Gasteiger charge is -2.13. The van der Waals surface area contributed by atoms with Crippen molar-refractivity contribution in [2.75, 3.05) is 11.9 Å². The van der Waals surface area contributed by atoms with E-state index in [1.54, 1.807) is 0 Å². The smallest absolute Gasteiger partial charge is 0.419 e. The van der Waals surface area contributed by atoms with Gasteiger partial charge in [0.05, 0.1) is 11.6 Å². The van der Waals surface area contributed by atoms with Crippen LogP contribution in [0.4, 0.5) is 23.2 Å². The summed E-state index contributed by atoms with van der Waals surface area (Å²) >= 11 is 0. The number of carbonyl (C=O) groups is 1. The molecule has 1 atom stereocenters. The van der Waals surface area contributed by atoms with Crippen molar-refractivity contribution in [1.82, 2.24) is 9.29 Å². The van der Waals surface area contributed by atoms with Crippen LogP contribution in [0.1, 0.15) is 16.1 Å². The lowest BCUT2D eigenvalue weighted by atomic mass is 10.1. The Morgan fingerprint density at radius 3 is 2.72 bits per heavy atom. The number of rotatable bonds is 3. The third-order valence-electron chi connectivity index (χ3n) is 4.13. The van der Waals surface area contributed by atoms with Crippen molar-refractivity contribution in [2.45, 2.75) is 17.1 Å². The normalized spacial score (nSPS) is 18.3. The minimum atomic E-state index is -4.95. The third kappa shape index (κ3) is 3.98. The fourth-order valence-corrected chi connectivity index (χ4v) is 4.15. The number of sulfonamides is 1. The fourth-order valence-electron chi connectivity index (χ4n) is 2.77. The quantitative estimate of drug-likeness (QED) is 0.576. The summed E-state index contributed by atoms with van der Waals surface area (Å²) in [6.45, 7) is 3.35. The number of benzene rings is 1. The number of amides is 1. The Bertz CT molecular complexity index is 1090. The summed E-state index contributed by atoms with van der Waals surface area (Å²) < 4.78 is 85.9. The predicted octanol–water partition coefficient (Wildman–Crippen LogP) is 2.66. The zero-order chi connectivity index (χ0) is 21.6. The van der Waals surface area contributed by atoms with Gasteiger partial charge in [-0.05, 0) is 18.2 Å². The number of aryl methyl sites for hydroxylation is 1. The zero-order valence-electron chi connectivity index (χ0n) is 14.9. The molecule has 2 aromatic rings. The van der Waals surface area contributed by atoms with Gasteiger partial charge in [0.1, 0.15) is 17.3 Å². The average molecular weight is 433 g/mol. The van der Waals surface area contributed by atoms with E-state index in [-0.39, 0.29) is 28.6 Å². The summed E-state index contributed by atoms with van der Waals surface area (Å²) in [6.07, 6.45) is -2.49. The Morgan fingerprint density at radius 1 is 1.41 bits per heavy atom. The van der Waals surface area contributed by atoms with Crippen LogP contribution >= 0.6 is 0 Å². The van der Waals surface area contributed by atoms with E-state index in [0.29, 0.717) is 12.1 Å². The van der Waals surface area contributed by atoms with Crippen molar-refractivity contribution in [3.8, 4) is 5.75 Å². The van der Waals surface area contributed by atoms with E-state index >= 15 is 0 Å². The van der Waals surface area contributed by atoms with Crippen LogP contribution in [-0.4, -0.2) is 31.5 Å². The summed E-state index contributed by atoms with van der Waals surface area (Å²) in [5.41, 5.74) is -2.09. The molecule has 1 aliphatic rings. The average Bonchev–Trinajstić information content (AvgIpc) is 2.90. The maximum atomic E-state index is 13.4. The van der Waals surface area contributed by atoms with Crippen LogP contribution in [0.15, 0.2) is 41.9 Å². The highest BCUT2D eigenvalue weighted by Gasteiger charge is 2.36. The molecular weight excluding hydrogens is 418 g/mol. The Kier molecular flexibility index (Phi) is 5.17. The number of nitrogens with zero attached hydrogens (tertiary/aromatic N) is 1. The van der Waals surface area contributed by atoms with Crippen LogP contribution in [0.2, 0.25) is 0 Å². The monoisotopic (exact) mass is 433 g/mol. The topological polar surface area (TPSA) is 89.4 Å². The molecule has 0 saturated heterocycles. The number of hydrogen-bond acceptors (Lipinski definition) is 4. The molecule has 2 N–H and O–H groups in total. The van der Waals surface area contributed by atoms with E-state index in [1.807, 2.05) is 0 Å². The van der Waals surface area contributed by atoms with Crippen molar-refractivity contribution in [3.63, 3.8) is 0 Å². The number of nitrogens with one attached hydrogen (secondary N) is 2. The molecule has 0 saturated carbocycles. The third-order valence-corrected chi connectivity index (χ3v) is 5.62. The molecule has 1 aromatic heterocycles. The minimum absolute atomic E-state index is 0.144. The van der Waals surface area contributed by atoms with E-state index in [1.165, 1.54) is 17.7 Å². The van der Waals surface area contributed by atoms with Gasteiger partial charge in [-0.1, -0.05) is 6.08 Å². The Hall–Kier alpha value is -2.86. The van der Waals surface area contributed by atoms with Crippen LogP contribution < -0.4 is 14.8 Å². The Morgan fingerprint density at radius 2 is 2.10 bits per heavy atom. The first kappa shape index (κ1) is 20.9. The molecule has 0 bridgehead atoms. The van der Waals surface area contributed by atoms with Crippen LogP contribution in [-0.2, 0) is 23.2 Å². The van der Waals surface area contributed by atoms with Gasteiger partial charge >= 0.3 is 6.18 Å². The molecule has 2 heterocycles. The van der Waals surface area contributed by atoms with E-state index in [0.717, 1.165) is 12.3 Å². The number of alkyl halides is 3. The predicted molar refractivity (Wildman–Crippen MR) is 94.6 cm³/mol. The zero-order valence-corrected chi connectivity index (χ0v) is 15.7. The van der Waals surface area contributed by atoms with Gasteiger partial charge < -0.3 is 14.6 Å². The van der Waals surface area contributed by atoms with Crippen LogP contribution in [0.25, 0.3) is 0 Å². The fraction of sp³-hybridized carbons (Fsp3) is 0.235. The second-order valence-corrected chi connectivity index (χ2v) is 7.89. The SMILES string of the molecule is C=C[C@@H]1COc2c(cn(C)c2C(=O)Nc2ccc(F)c(C(F)(F)F)c2)S(=O)(=O)N1. The lowest BCUT2D eigenvalue weighted by Crippen LogP contribution is -2.35. The first-order valence-electron chi connectivity index (χ1n) is 8.09. The molecule has 0 unspecified atom stereocenters. The summed E-state index contributed by atoms with van der Waals surface area (Å²) in [5, 5.41) is 2.21. The molecule has 0 aliphatic carbocycles. The highest BCUT2D eigenvalue weighted by Crippen LogP contribution is 2.35. The van der Waals surface area contributed by atoms with Gasteiger partial charge in [-0.3, -0.25) is 4.79 Å². The molecule has 3 rings (SSSR count). The van der Waals surface area contributed by atoms with Crippen molar-refractivity contribution in [2.24, 2.45) is 7.05 Å². The maximum Gasteiger partial charge on any atom is 0.419 e. The Labute approximate surface area is 163 Å². The molecule has 29 heavy (non-hydrogen) atoms. The van der Waals surface area contributed by atoms with Crippen molar-refractivity contribution >= 4 is 21.6 Å². The van der Waals surface area contributed by atoms with Crippen molar-refractivity contribution in [3.05, 3.63) is 54.1 Å². The van der Waals surface area contributed by atoms with Gasteiger partial charge in [-0.15, -0.1) is 6.58 Å². The number of fused-ring (bicyclic) bond motifs is 1. The van der Waals surface area contributed by atoms with Gasteiger partial charge in [-0.25, -0.2) is 17.5 Å². The second kappa shape index (κ2) is 7.19. The van der Waals surface area contributed by atoms with Crippen LogP contribution in [0.3, 0.4) is 0 Å². The van der Waals surface area contributed by atoms with Gasteiger partial charge in [0.25, 0.3) is 5.91 Å². The molecule has 7 nitrogen and oxygen atoms in total. The molecule has 0 fully saturated rings. The molecule has 1 aromatic carbocycles. The molecule has 1 amide bonds. The van der Waals surface area contributed by atoms with Crippen LogP contribution in [0.5, 0.6) is 5.75 Å². The van der Waals surface area contributed by atoms with Gasteiger partial charge in [0.2, 0.25) is 10.0 Å². The number of ether oxygens (including phenoxy) is 1. The number of halogens is 4. The van der Waals surface area contributed by atoms with E-state index in [9.17, 15) is 30.8 Å². The first-order chi connectivity index (χ1) is 13.4. The molecule has 12 heteroatoms. The largest absolute Gasteiger partial charge is 0.488 e. The number of anilines is 1. The summed E-state index contributed by atoms with van der Waals surface area (Å²) in [5.74, 6) is -2.67. The number of hydrogen-bond donors (Lipinski definition) is 2. The molecular formula is C17H15F4N3O4S. The highest BCUT2D eigenvalue weighted by molar-refractivity contribution is 7.89. The van der Waals surface area contributed by atoms with E-state index < -0.39 is 39.5 Å². The first-order valence-corrected chi connectivity index (χ1v) is 9.57. The minimum Gasteiger partial charge on any atom is -0.488 e. The Balaban J connectivity index is 1.99. The summed E-state index contributed by atoms with van der Waals surface area (Å²) in [6, 6.07) is 1.24. The van der Waals surface area contributed by atoms with Crippen molar-refractivity contribution in [1.29, 1.82) is 0 Å². The van der Waals surface area contributed by atoms with Crippen LogP contribution in [0, 0.1) is 5.82 Å². The highest BCUT2D eigenvalue weighted by atomic mass is 32.2. The van der Waals surface area contributed by atoms with Gasteiger partial charge in [0, 0.05) is 18.9 Å². The molecule has 1 aliphatic heterocycles. The second-order valence-electron chi connectivity index (χ2n) is 6.20. The summed E-state index contributed by atoms with van der Waals surface area (Å²) in [7, 11) is -2.65. The molecule has 0 radical (unpaired) electrons. The van der Waals surface area contributed by atoms with Gasteiger partial charge in [-0.2, -0.15) is 13.2 Å². The summed E-state index contributed by atoms with van der Waals surface area (Å²) in [4.78, 5) is 12.4. The molecule has 156 valence electrons. The number of carbonyl (C=O) groups excluding carboxylic acids is 1. The lowest BCUT2D eigenvalue weighted by molar-refractivity contribution is -0.139. The maximum absolute atomic E-state index is 13.4. The molecule has 0 spiro atoms. The van der Waals surface area contributed by atoms with E-state index in [2.05, 4.69) is 16.6 Å².